The van der Waals surface area contributed by atoms with E-state index < -0.39 is 5.24 Å². The maximum absolute atomic E-state index is 10.2. The van der Waals surface area contributed by atoms with Crippen molar-refractivity contribution in [3.05, 3.63) is 24.3 Å². The molecule has 0 N–H and O–H groups in total. The molecule has 0 aliphatic rings. The van der Waals surface area contributed by atoms with Crippen molar-refractivity contribution >= 4 is 16.8 Å². The highest BCUT2D eigenvalue weighted by Gasteiger charge is 1.82. The van der Waals surface area contributed by atoms with E-state index in [9.17, 15) is 4.79 Å². The van der Waals surface area contributed by atoms with E-state index in [1.54, 1.807) is 6.08 Å². The van der Waals surface area contributed by atoms with Crippen LogP contribution in [0.3, 0.4) is 0 Å². The molecule has 0 rings (SSSR count). The molecule has 0 fully saturated rings. The summed E-state index contributed by atoms with van der Waals surface area (Å²) in [5.74, 6) is 0. The molecule has 0 aromatic carbocycles. The van der Waals surface area contributed by atoms with Crippen LogP contribution in [0.2, 0.25) is 0 Å². The first kappa shape index (κ1) is 11.4. The number of halogens is 1. The van der Waals surface area contributed by atoms with Crippen molar-refractivity contribution in [2.45, 2.75) is 32.6 Å². The minimum atomic E-state index is -0.423. The zero-order chi connectivity index (χ0) is 9.23. The molecule has 0 saturated heterocycles. The fraction of sp³-hybridized carbons (Fsp3) is 0.500. The predicted molar refractivity (Wildman–Crippen MR) is 53.3 cm³/mol. The fourth-order valence-electron chi connectivity index (χ4n) is 0.818. The zero-order valence-corrected chi connectivity index (χ0v) is 8.18. The van der Waals surface area contributed by atoms with Crippen LogP contribution < -0.4 is 0 Å². The topological polar surface area (TPSA) is 17.1 Å². The van der Waals surface area contributed by atoms with Crippen LogP contribution in [-0.4, -0.2) is 5.24 Å². The van der Waals surface area contributed by atoms with Crippen molar-refractivity contribution in [1.29, 1.82) is 0 Å². The van der Waals surface area contributed by atoms with E-state index in [2.05, 4.69) is 6.92 Å². The summed E-state index contributed by atoms with van der Waals surface area (Å²) in [5, 5.41) is -0.423. The van der Waals surface area contributed by atoms with E-state index in [-0.39, 0.29) is 0 Å². The molecule has 0 amide bonds. The molecule has 0 aromatic rings. The van der Waals surface area contributed by atoms with E-state index in [0.717, 1.165) is 6.42 Å². The summed E-state index contributed by atoms with van der Waals surface area (Å²) >= 11 is 5.08. The minimum absolute atomic E-state index is 0.423. The average molecular weight is 187 g/mol. The highest BCUT2D eigenvalue weighted by Crippen LogP contribution is 1.99. The summed E-state index contributed by atoms with van der Waals surface area (Å²) in [4.78, 5) is 10.2. The van der Waals surface area contributed by atoms with Gasteiger partial charge in [0.15, 0.2) is 0 Å². The Bertz CT molecular complexity index is 171. The Kier molecular flexibility index (Phi) is 8.14. The number of hydrogen-bond acceptors (Lipinski definition) is 1. The summed E-state index contributed by atoms with van der Waals surface area (Å²) < 4.78 is 0. The van der Waals surface area contributed by atoms with Crippen LogP contribution in [0.4, 0.5) is 0 Å². The largest absolute Gasteiger partial charge is 0.276 e. The van der Waals surface area contributed by atoms with E-state index in [1.165, 1.54) is 25.3 Å². The van der Waals surface area contributed by atoms with Gasteiger partial charge in [-0.1, -0.05) is 38.0 Å². The van der Waals surface area contributed by atoms with E-state index in [4.69, 9.17) is 11.6 Å². The fourth-order valence-corrected chi connectivity index (χ4v) is 0.891. The molecule has 0 saturated carbocycles. The first-order valence-corrected chi connectivity index (χ1v) is 4.68. The van der Waals surface area contributed by atoms with Crippen LogP contribution in [0.1, 0.15) is 32.6 Å². The summed E-state index contributed by atoms with van der Waals surface area (Å²) in [7, 11) is 0. The maximum atomic E-state index is 10.2. The highest BCUT2D eigenvalue weighted by molar-refractivity contribution is 6.66. The molecule has 0 heterocycles. The minimum Gasteiger partial charge on any atom is -0.276 e. The van der Waals surface area contributed by atoms with Gasteiger partial charge in [0.25, 0.3) is 0 Å². The van der Waals surface area contributed by atoms with Gasteiger partial charge >= 0.3 is 0 Å². The average Bonchev–Trinajstić information content (AvgIpc) is 2.02. The molecule has 0 spiro atoms. The standard InChI is InChI=1S/C10H15ClO/c1-2-3-4-5-6-7-8-9-10(11)12/h6-9H,2-5H2,1H3/b7-6+,9-8+. The van der Waals surface area contributed by atoms with Crippen LogP contribution in [0.15, 0.2) is 24.3 Å². The summed E-state index contributed by atoms with van der Waals surface area (Å²) in [6.07, 6.45) is 11.7. The van der Waals surface area contributed by atoms with Gasteiger partial charge in [0, 0.05) is 0 Å². The quantitative estimate of drug-likeness (QED) is 0.269. The molecule has 1 nitrogen and oxygen atoms in total. The van der Waals surface area contributed by atoms with Crippen molar-refractivity contribution in [3.63, 3.8) is 0 Å². The second kappa shape index (κ2) is 8.54. The number of allylic oxidation sites excluding steroid dienone is 4. The summed E-state index contributed by atoms with van der Waals surface area (Å²) in [6.45, 7) is 2.18. The third-order valence-electron chi connectivity index (χ3n) is 1.45. The van der Waals surface area contributed by atoms with Crippen molar-refractivity contribution < 1.29 is 4.79 Å². The normalized spacial score (nSPS) is 11.5. The zero-order valence-electron chi connectivity index (χ0n) is 7.42. The Hall–Kier alpha value is -0.560. The number of unbranched alkanes of at least 4 members (excludes halogenated alkanes) is 3. The number of rotatable bonds is 6. The Morgan fingerprint density at radius 1 is 1.33 bits per heavy atom. The molecule has 0 bridgehead atoms. The van der Waals surface area contributed by atoms with Gasteiger partial charge in [0.05, 0.1) is 0 Å². The Morgan fingerprint density at radius 2 is 2.08 bits per heavy atom. The van der Waals surface area contributed by atoms with Gasteiger partial charge in [-0.2, -0.15) is 0 Å². The van der Waals surface area contributed by atoms with Crippen LogP contribution in [0.25, 0.3) is 0 Å². The predicted octanol–water partition coefficient (Wildman–Crippen LogP) is 3.44. The number of carbonyl (C=O) groups is 1. The third-order valence-corrected chi connectivity index (χ3v) is 1.57. The third kappa shape index (κ3) is 9.44. The molecular weight excluding hydrogens is 172 g/mol. The van der Waals surface area contributed by atoms with Gasteiger partial charge in [-0.15, -0.1) is 0 Å². The lowest BCUT2D eigenvalue weighted by atomic mass is 10.2. The Morgan fingerprint density at radius 3 is 2.67 bits per heavy atom. The molecule has 12 heavy (non-hydrogen) atoms. The lowest BCUT2D eigenvalue weighted by molar-refractivity contribution is -0.107. The Labute approximate surface area is 79.1 Å². The van der Waals surface area contributed by atoms with E-state index in [1.807, 2.05) is 12.2 Å². The van der Waals surface area contributed by atoms with Gasteiger partial charge in [0.1, 0.15) is 0 Å². The molecule has 0 unspecified atom stereocenters. The first-order chi connectivity index (χ1) is 5.77. The second-order valence-corrected chi connectivity index (χ2v) is 2.96. The van der Waals surface area contributed by atoms with Crippen molar-refractivity contribution in [1.82, 2.24) is 0 Å². The van der Waals surface area contributed by atoms with Crippen molar-refractivity contribution in [3.8, 4) is 0 Å². The van der Waals surface area contributed by atoms with Gasteiger partial charge in [-0.25, -0.2) is 0 Å². The Balaban J connectivity index is 3.31. The number of hydrogen-bond donors (Lipinski definition) is 0. The van der Waals surface area contributed by atoms with Gasteiger partial charge < -0.3 is 0 Å². The van der Waals surface area contributed by atoms with Crippen LogP contribution >= 0.6 is 11.6 Å². The molecule has 0 aromatic heterocycles. The van der Waals surface area contributed by atoms with Crippen LogP contribution in [0.5, 0.6) is 0 Å². The van der Waals surface area contributed by atoms with E-state index in [0.29, 0.717) is 0 Å². The lowest BCUT2D eigenvalue weighted by Gasteiger charge is -1.89. The van der Waals surface area contributed by atoms with Crippen molar-refractivity contribution in [2.75, 3.05) is 0 Å². The molecule has 2 heteroatoms. The van der Waals surface area contributed by atoms with Gasteiger partial charge in [0.2, 0.25) is 5.24 Å². The highest BCUT2D eigenvalue weighted by atomic mass is 35.5. The molecule has 0 aliphatic carbocycles. The molecule has 0 aliphatic heterocycles. The van der Waals surface area contributed by atoms with Crippen LogP contribution in [0, 0.1) is 0 Å². The first-order valence-electron chi connectivity index (χ1n) is 4.30. The lowest BCUT2D eigenvalue weighted by Crippen LogP contribution is -1.73. The second-order valence-electron chi connectivity index (χ2n) is 2.59. The molecular formula is C10H15ClO. The molecule has 0 radical (unpaired) electrons. The van der Waals surface area contributed by atoms with Crippen molar-refractivity contribution in [2.24, 2.45) is 0 Å². The molecule has 0 atom stereocenters. The SMILES string of the molecule is CCCCC/C=C/C=C/C(=O)Cl. The summed E-state index contributed by atoms with van der Waals surface area (Å²) in [6, 6.07) is 0. The molecule has 68 valence electrons. The van der Waals surface area contributed by atoms with Gasteiger partial charge in [-0.05, 0) is 30.5 Å². The van der Waals surface area contributed by atoms with Crippen LogP contribution in [-0.2, 0) is 4.79 Å². The maximum Gasteiger partial charge on any atom is 0.245 e. The van der Waals surface area contributed by atoms with Gasteiger partial charge in [-0.3, -0.25) is 4.79 Å². The smallest absolute Gasteiger partial charge is 0.245 e. The van der Waals surface area contributed by atoms with E-state index >= 15 is 0 Å². The monoisotopic (exact) mass is 186 g/mol. The number of carbonyl (C=O) groups excluding carboxylic acids is 1. The summed E-state index contributed by atoms with van der Waals surface area (Å²) in [5.41, 5.74) is 0.